The number of hydrogen-bond acceptors (Lipinski definition) is 5. The van der Waals surface area contributed by atoms with Gasteiger partial charge in [0.15, 0.2) is 5.76 Å². The Kier molecular flexibility index (Phi) is 5.09. The van der Waals surface area contributed by atoms with Crippen LogP contribution < -0.4 is 5.32 Å². The number of hydrogen-bond donors (Lipinski definition) is 1. The van der Waals surface area contributed by atoms with Crippen LogP contribution in [0.1, 0.15) is 15.9 Å². The number of nitrogens with zero attached hydrogens (tertiary/aromatic N) is 2. The molecule has 0 aliphatic heterocycles. The Hall–Kier alpha value is -4.26. The number of benzene rings is 3. The number of nitro benzene ring substituents is 1. The molecule has 0 aliphatic carbocycles. The van der Waals surface area contributed by atoms with Gasteiger partial charge in [0.25, 0.3) is 11.6 Å². The van der Waals surface area contributed by atoms with Crippen molar-refractivity contribution in [1.82, 2.24) is 4.98 Å². The van der Waals surface area contributed by atoms with Gasteiger partial charge < -0.3 is 9.73 Å². The standard InChI is InChI=1S/C23H17N3O4/c1-15-11-12-17(13-20(15)26(28)29)25-22(27)18-9-5-6-10-19(18)23-24-14-21(30-23)16-7-3-2-4-8-16/h2-14H,1H3,(H,25,27). The van der Waals surface area contributed by atoms with E-state index in [1.807, 2.05) is 30.3 Å². The molecule has 148 valence electrons. The van der Waals surface area contributed by atoms with Crippen LogP contribution in [0, 0.1) is 17.0 Å². The van der Waals surface area contributed by atoms with Crippen LogP contribution in [0.15, 0.2) is 83.4 Å². The summed E-state index contributed by atoms with van der Waals surface area (Å²) in [6.45, 7) is 1.64. The van der Waals surface area contributed by atoms with E-state index in [-0.39, 0.29) is 5.69 Å². The molecular weight excluding hydrogens is 382 g/mol. The predicted molar refractivity (Wildman–Crippen MR) is 113 cm³/mol. The Morgan fingerprint density at radius 2 is 1.77 bits per heavy atom. The van der Waals surface area contributed by atoms with Crippen LogP contribution in [0.2, 0.25) is 0 Å². The fourth-order valence-corrected chi connectivity index (χ4v) is 3.08. The lowest BCUT2D eigenvalue weighted by molar-refractivity contribution is -0.385. The molecule has 3 aromatic carbocycles. The number of aryl methyl sites for hydroxylation is 1. The first-order chi connectivity index (χ1) is 14.5. The number of aromatic nitrogens is 1. The van der Waals surface area contributed by atoms with Gasteiger partial charge in [0.05, 0.1) is 16.7 Å². The van der Waals surface area contributed by atoms with Crippen LogP contribution in [0.3, 0.4) is 0 Å². The number of oxazole rings is 1. The molecule has 7 heteroatoms. The monoisotopic (exact) mass is 399 g/mol. The number of nitro groups is 1. The van der Waals surface area contributed by atoms with E-state index in [2.05, 4.69) is 10.3 Å². The molecule has 0 saturated heterocycles. The van der Waals surface area contributed by atoms with Gasteiger partial charge in [0.1, 0.15) is 0 Å². The van der Waals surface area contributed by atoms with E-state index in [4.69, 9.17) is 4.42 Å². The SMILES string of the molecule is Cc1ccc(NC(=O)c2ccccc2-c2ncc(-c3ccccc3)o2)cc1[N+](=O)[O-]. The second-order valence-electron chi connectivity index (χ2n) is 6.65. The highest BCUT2D eigenvalue weighted by atomic mass is 16.6. The predicted octanol–water partition coefficient (Wildman–Crippen LogP) is 5.48. The molecule has 1 heterocycles. The van der Waals surface area contributed by atoms with E-state index in [1.54, 1.807) is 49.5 Å². The van der Waals surface area contributed by atoms with Gasteiger partial charge in [-0.2, -0.15) is 0 Å². The van der Waals surface area contributed by atoms with Gasteiger partial charge in [-0.1, -0.05) is 48.5 Å². The zero-order valence-electron chi connectivity index (χ0n) is 16.0. The summed E-state index contributed by atoms with van der Waals surface area (Å²) in [4.78, 5) is 27.9. The first-order valence-corrected chi connectivity index (χ1v) is 9.20. The summed E-state index contributed by atoms with van der Waals surface area (Å²) in [5.41, 5.74) is 2.56. The molecule has 1 N–H and O–H groups in total. The summed E-state index contributed by atoms with van der Waals surface area (Å²) in [7, 11) is 0. The van der Waals surface area contributed by atoms with Gasteiger partial charge in [-0.15, -0.1) is 0 Å². The minimum atomic E-state index is -0.475. The van der Waals surface area contributed by atoms with Gasteiger partial charge in [0, 0.05) is 28.4 Å². The van der Waals surface area contributed by atoms with Crippen molar-refractivity contribution in [3.8, 4) is 22.8 Å². The quantitative estimate of drug-likeness (QED) is 0.354. The van der Waals surface area contributed by atoms with Crippen molar-refractivity contribution in [2.24, 2.45) is 0 Å². The van der Waals surface area contributed by atoms with E-state index >= 15 is 0 Å². The Morgan fingerprint density at radius 3 is 2.53 bits per heavy atom. The molecule has 1 amide bonds. The fraction of sp³-hybridized carbons (Fsp3) is 0.0435. The summed E-state index contributed by atoms with van der Waals surface area (Å²) < 4.78 is 5.88. The Morgan fingerprint density at radius 1 is 1.03 bits per heavy atom. The summed E-state index contributed by atoms with van der Waals surface area (Å²) in [5, 5.41) is 13.9. The summed E-state index contributed by atoms with van der Waals surface area (Å²) in [5.74, 6) is 0.493. The summed E-state index contributed by atoms with van der Waals surface area (Å²) in [6.07, 6.45) is 1.61. The van der Waals surface area contributed by atoms with E-state index in [9.17, 15) is 14.9 Å². The second kappa shape index (κ2) is 8.00. The second-order valence-corrected chi connectivity index (χ2v) is 6.65. The third-order valence-corrected chi connectivity index (χ3v) is 4.63. The van der Waals surface area contributed by atoms with Crippen molar-refractivity contribution in [3.63, 3.8) is 0 Å². The van der Waals surface area contributed by atoms with Gasteiger partial charge in [0.2, 0.25) is 5.89 Å². The fourth-order valence-electron chi connectivity index (χ4n) is 3.08. The van der Waals surface area contributed by atoms with Crippen molar-refractivity contribution in [2.75, 3.05) is 5.32 Å². The molecular formula is C23H17N3O4. The van der Waals surface area contributed by atoms with Crippen LogP contribution in [0.4, 0.5) is 11.4 Å². The van der Waals surface area contributed by atoms with Gasteiger partial charge in [-0.25, -0.2) is 4.98 Å². The highest BCUT2D eigenvalue weighted by molar-refractivity contribution is 6.08. The molecule has 7 nitrogen and oxygen atoms in total. The molecule has 4 rings (SSSR count). The number of carbonyl (C=O) groups is 1. The molecule has 0 saturated carbocycles. The van der Waals surface area contributed by atoms with Gasteiger partial charge in [-0.05, 0) is 25.1 Å². The molecule has 1 aromatic heterocycles. The van der Waals surface area contributed by atoms with Crippen molar-refractivity contribution < 1.29 is 14.1 Å². The van der Waals surface area contributed by atoms with Crippen molar-refractivity contribution in [1.29, 1.82) is 0 Å². The largest absolute Gasteiger partial charge is 0.436 e. The van der Waals surface area contributed by atoms with Crippen molar-refractivity contribution >= 4 is 17.3 Å². The lowest BCUT2D eigenvalue weighted by Gasteiger charge is -2.09. The average molecular weight is 399 g/mol. The third-order valence-electron chi connectivity index (χ3n) is 4.63. The number of carbonyl (C=O) groups excluding carboxylic acids is 1. The topological polar surface area (TPSA) is 98.3 Å². The molecule has 30 heavy (non-hydrogen) atoms. The van der Waals surface area contributed by atoms with Crippen LogP contribution in [0.25, 0.3) is 22.8 Å². The van der Waals surface area contributed by atoms with E-state index in [1.165, 1.54) is 6.07 Å². The highest BCUT2D eigenvalue weighted by Gasteiger charge is 2.18. The third kappa shape index (κ3) is 3.81. The number of rotatable bonds is 5. The molecule has 0 radical (unpaired) electrons. The molecule has 0 bridgehead atoms. The zero-order valence-corrected chi connectivity index (χ0v) is 16.0. The van der Waals surface area contributed by atoms with E-state index < -0.39 is 10.8 Å². The maximum atomic E-state index is 12.9. The Labute approximate surface area is 172 Å². The molecule has 0 fully saturated rings. The normalized spacial score (nSPS) is 10.6. The maximum absolute atomic E-state index is 12.9. The number of nitrogens with one attached hydrogen (secondary N) is 1. The first-order valence-electron chi connectivity index (χ1n) is 9.20. The molecule has 0 aliphatic rings. The minimum absolute atomic E-state index is 0.0544. The first kappa shape index (κ1) is 19.1. The molecule has 0 atom stereocenters. The maximum Gasteiger partial charge on any atom is 0.274 e. The van der Waals surface area contributed by atoms with Crippen LogP contribution in [-0.2, 0) is 0 Å². The van der Waals surface area contributed by atoms with Crippen LogP contribution in [0.5, 0.6) is 0 Å². The smallest absolute Gasteiger partial charge is 0.274 e. The van der Waals surface area contributed by atoms with Gasteiger partial charge >= 0.3 is 0 Å². The van der Waals surface area contributed by atoms with Crippen molar-refractivity contribution in [2.45, 2.75) is 6.92 Å². The Balaban J connectivity index is 1.64. The van der Waals surface area contributed by atoms with Crippen LogP contribution in [-0.4, -0.2) is 15.8 Å². The zero-order chi connectivity index (χ0) is 21.1. The summed E-state index contributed by atoms with van der Waals surface area (Å²) in [6, 6.07) is 21.0. The number of amides is 1. The minimum Gasteiger partial charge on any atom is -0.436 e. The highest BCUT2D eigenvalue weighted by Crippen LogP contribution is 2.29. The lowest BCUT2D eigenvalue weighted by Crippen LogP contribution is -2.13. The number of anilines is 1. The molecule has 4 aromatic rings. The summed E-state index contributed by atoms with van der Waals surface area (Å²) >= 11 is 0. The molecule has 0 spiro atoms. The lowest BCUT2D eigenvalue weighted by atomic mass is 10.1. The molecule has 0 unspecified atom stereocenters. The van der Waals surface area contributed by atoms with E-state index in [0.717, 1.165) is 5.56 Å². The average Bonchev–Trinajstić information content (AvgIpc) is 3.26. The Bertz CT molecular complexity index is 1230. The van der Waals surface area contributed by atoms with Gasteiger partial charge in [-0.3, -0.25) is 14.9 Å². The van der Waals surface area contributed by atoms with E-state index in [0.29, 0.717) is 34.0 Å². The van der Waals surface area contributed by atoms with Crippen molar-refractivity contribution in [3.05, 3.63) is 100 Å². The van der Waals surface area contributed by atoms with Crippen LogP contribution >= 0.6 is 0 Å².